The number of allylic oxidation sites excluding steroid dienone is 1. The van der Waals surface area contributed by atoms with E-state index in [1.54, 1.807) is 24.7 Å². The monoisotopic (exact) mass is 549 g/mol. The first kappa shape index (κ1) is 27.0. The maximum Gasteiger partial charge on any atom is 0.338 e. The average Bonchev–Trinajstić information content (AvgIpc) is 3.53. The van der Waals surface area contributed by atoms with Gasteiger partial charge in [0.2, 0.25) is 0 Å². The Morgan fingerprint density at radius 3 is 2.67 bits per heavy atom. The molecule has 9 heteroatoms. The van der Waals surface area contributed by atoms with E-state index in [0.717, 1.165) is 44.2 Å². The molecular formula is C30H35N3O5S. The minimum atomic E-state index is -0.720. The number of benzene rings is 1. The molecular weight excluding hydrogens is 514 g/mol. The van der Waals surface area contributed by atoms with E-state index < -0.39 is 12.0 Å². The van der Waals surface area contributed by atoms with Crippen LogP contribution in [0.3, 0.4) is 0 Å². The summed E-state index contributed by atoms with van der Waals surface area (Å²) in [5.74, 6) is 2.28. The van der Waals surface area contributed by atoms with Gasteiger partial charge in [-0.15, -0.1) is 0 Å². The summed E-state index contributed by atoms with van der Waals surface area (Å²) < 4.78 is 19.4. The molecule has 1 saturated heterocycles. The minimum absolute atomic E-state index is 0.224. The van der Waals surface area contributed by atoms with Crippen molar-refractivity contribution in [2.75, 3.05) is 31.7 Å². The second kappa shape index (κ2) is 11.7. The molecule has 2 aliphatic rings. The Bertz CT molecular complexity index is 1560. The third-order valence-electron chi connectivity index (χ3n) is 7.31. The molecule has 1 atom stereocenters. The molecule has 3 aromatic rings. The second-order valence-corrected chi connectivity index (χ2v) is 11.0. The summed E-state index contributed by atoms with van der Waals surface area (Å²) in [7, 11) is 1.58. The van der Waals surface area contributed by atoms with E-state index in [1.807, 2.05) is 43.3 Å². The van der Waals surface area contributed by atoms with Crippen LogP contribution >= 0.6 is 11.3 Å². The van der Waals surface area contributed by atoms with E-state index in [2.05, 4.69) is 11.8 Å². The van der Waals surface area contributed by atoms with E-state index in [9.17, 15) is 9.59 Å². The Morgan fingerprint density at radius 2 is 1.95 bits per heavy atom. The van der Waals surface area contributed by atoms with Crippen LogP contribution in [-0.2, 0) is 9.53 Å². The molecule has 0 N–H and O–H groups in total. The van der Waals surface area contributed by atoms with Gasteiger partial charge in [-0.25, -0.2) is 9.79 Å². The molecule has 2 aliphatic heterocycles. The summed E-state index contributed by atoms with van der Waals surface area (Å²) in [5, 5.41) is 0. The zero-order valence-corrected chi connectivity index (χ0v) is 23.8. The Kier molecular flexibility index (Phi) is 8.07. The number of hydrogen-bond acceptors (Lipinski definition) is 8. The van der Waals surface area contributed by atoms with Crippen LogP contribution in [0.15, 0.2) is 61.9 Å². The molecule has 8 nitrogen and oxygen atoms in total. The van der Waals surface area contributed by atoms with Gasteiger partial charge in [0.1, 0.15) is 17.6 Å². The van der Waals surface area contributed by atoms with Crippen molar-refractivity contribution in [2.24, 2.45) is 10.9 Å². The van der Waals surface area contributed by atoms with Crippen LogP contribution in [0.2, 0.25) is 0 Å². The third kappa shape index (κ3) is 5.32. The van der Waals surface area contributed by atoms with Crippen molar-refractivity contribution in [3.05, 3.63) is 78.7 Å². The molecule has 0 saturated carbocycles. The largest absolute Gasteiger partial charge is 0.496 e. The molecule has 2 aromatic heterocycles. The Hall–Kier alpha value is -3.59. The van der Waals surface area contributed by atoms with Crippen LogP contribution in [0.5, 0.6) is 5.75 Å². The third-order valence-corrected chi connectivity index (χ3v) is 8.29. The van der Waals surface area contributed by atoms with Crippen LogP contribution in [0.1, 0.15) is 63.8 Å². The predicted molar refractivity (Wildman–Crippen MR) is 152 cm³/mol. The zero-order valence-electron chi connectivity index (χ0n) is 22.9. The quantitative estimate of drug-likeness (QED) is 0.387. The van der Waals surface area contributed by atoms with E-state index in [1.165, 1.54) is 11.3 Å². The lowest BCUT2D eigenvalue weighted by molar-refractivity contribution is -0.139. The predicted octanol–water partition coefficient (Wildman–Crippen LogP) is 4.42. The number of ether oxygens (including phenoxy) is 2. The highest BCUT2D eigenvalue weighted by molar-refractivity contribution is 7.07. The lowest BCUT2D eigenvalue weighted by atomic mass is 9.93. The fourth-order valence-corrected chi connectivity index (χ4v) is 6.26. The minimum Gasteiger partial charge on any atom is -0.496 e. The molecule has 0 bridgehead atoms. The lowest BCUT2D eigenvalue weighted by Crippen LogP contribution is -2.40. The second-order valence-electron chi connectivity index (χ2n) is 10.0. The van der Waals surface area contributed by atoms with Crippen molar-refractivity contribution < 1.29 is 18.7 Å². The van der Waals surface area contributed by atoms with Gasteiger partial charge < -0.3 is 18.8 Å². The first-order chi connectivity index (χ1) is 18.9. The number of carbonyl (C=O) groups is 1. The fourth-order valence-electron chi connectivity index (χ4n) is 5.26. The zero-order chi connectivity index (χ0) is 27.5. The molecule has 0 spiro atoms. The molecule has 0 aliphatic carbocycles. The summed E-state index contributed by atoms with van der Waals surface area (Å²) in [6.07, 6.45) is 5.42. The average molecular weight is 550 g/mol. The van der Waals surface area contributed by atoms with Crippen molar-refractivity contribution >= 4 is 29.3 Å². The Morgan fingerprint density at radius 1 is 1.18 bits per heavy atom. The van der Waals surface area contributed by atoms with Gasteiger partial charge in [0.25, 0.3) is 5.56 Å². The van der Waals surface area contributed by atoms with Crippen molar-refractivity contribution in [3.63, 3.8) is 0 Å². The van der Waals surface area contributed by atoms with Crippen LogP contribution in [0.25, 0.3) is 6.08 Å². The number of hydrogen-bond donors (Lipinski definition) is 0. The summed E-state index contributed by atoms with van der Waals surface area (Å²) >= 11 is 1.30. The maximum atomic E-state index is 14.0. The number of carbonyl (C=O) groups excluding carboxylic acids is 1. The molecule has 206 valence electrons. The van der Waals surface area contributed by atoms with Crippen LogP contribution < -0.4 is 24.5 Å². The summed E-state index contributed by atoms with van der Waals surface area (Å²) in [6.45, 7) is 8.24. The van der Waals surface area contributed by atoms with E-state index >= 15 is 0 Å². The highest BCUT2D eigenvalue weighted by Crippen LogP contribution is 2.37. The van der Waals surface area contributed by atoms with Gasteiger partial charge in [-0.1, -0.05) is 49.8 Å². The summed E-state index contributed by atoms with van der Waals surface area (Å²) in [4.78, 5) is 34.9. The van der Waals surface area contributed by atoms with Gasteiger partial charge in [0.05, 0.1) is 29.5 Å². The topological polar surface area (TPSA) is 86.3 Å². The molecule has 39 heavy (non-hydrogen) atoms. The van der Waals surface area contributed by atoms with Gasteiger partial charge in [-0.3, -0.25) is 9.36 Å². The first-order valence-electron chi connectivity index (χ1n) is 13.6. The van der Waals surface area contributed by atoms with Gasteiger partial charge in [-0.05, 0) is 44.2 Å². The number of methoxy groups -OCH3 is 1. The Labute approximate surface area is 231 Å². The van der Waals surface area contributed by atoms with Crippen molar-refractivity contribution in [1.82, 2.24) is 4.57 Å². The number of anilines is 1. The van der Waals surface area contributed by atoms with Crippen LogP contribution in [0.4, 0.5) is 5.88 Å². The van der Waals surface area contributed by atoms with Gasteiger partial charge >= 0.3 is 5.97 Å². The first-order valence-corrected chi connectivity index (χ1v) is 14.5. The maximum absolute atomic E-state index is 14.0. The van der Waals surface area contributed by atoms with Gasteiger partial charge in [-0.2, -0.15) is 0 Å². The molecule has 0 amide bonds. The summed E-state index contributed by atoms with van der Waals surface area (Å²) in [6, 6.07) is 10.6. The molecule has 1 aromatic carbocycles. The molecule has 5 rings (SSSR count). The van der Waals surface area contributed by atoms with Crippen molar-refractivity contribution in [1.29, 1.82) is 0 Å². The smallest absolute Gasteiger partial charge is 0.338 e. The number of thiazole rings is 1. The number of esters is 1. The standard InChI is InChI=1S/C30H35N3O5S/c1-5-9-22-26(29(35)37-6-2)27(21-10-7-8-11-23(21)36-4)33-28(34)24(39-30(33)31-22)18-20-12-13-25(38-20)32-16-14-19(3)15-17-32/h7-8,10-13,18-19,27H,5-6,9,14-17H2,1-4H3/b24-18+/t27-/m1/s1. The fraction of sp³-hybridized carbons (Fsp3) is 0.433. The number of nitrogens with zero attached hydrogens (tertiary/aromatic N) is 3. The van der Waals surface area contributed by atoms with Gasteiger partial charge in [0.15, 0.2) is 10.7 Å². The van der Waals surface area contributed by atoms with Crippen molar-refractivity contribution in [2.45, 2.75) is 52.5 Å². The number of para-hydroxylation sites is 1. The number of aromatic nitrogens is 1. The lowest BCUT2D eigenvalue weighted by Gasteiger charge is -2.29. The SMILES string of the molecule is CCCC1=C(C(=O)OCC)[C@@H](c2ccccc2OC)n2c(s/c(=C/c3ccc(N4CCC(C)CC4)o3)c2=O)=N1. The normalized spacial score (nSPS) is 18.2. The number of piperidine rings is 1. The van der Waals surface area contributed by atoms with Gasteiger partial charge in [0, 0.05) is 30.8 Å². The molecule has 0 unspecified atom stereocenters. The number of rotatable bonds is 8. The molecule has 4 heterocycles. The molecule has 0 radical (unpaired) electrons. The Balaban J connectivity index is 1.64. The van der Waals surface area contributed by atoms with Crippen LogP contribution in [0, 0.1) is 5.92 Å². The van der Waals surface area contributed by atoms with Crippen LogP contribution in [-0.4, -0.2) is 37.3 Å². The highest BCUT2D eigenvalue weighted by atomic mass is 32.1. The van der Waals surface area contributed by atoms with E-state index in [-0.39, 0.29) is 12.2 Å². The van der Waals surface area contributed by atoms with E-state index in [4.69, 9.17) is 18.9 Å². The van der Waals surface area contributed by atoms with Crippen molar-refractivity contribution in [3.8, 4) is 5.75 Å². The number of fused-ring (bicyclic) bond motifs is 1. The van der Waals surface area contributed by atoms with E-state index in [0.29, 0.717) is 44.1 Å². The summed E-state index contributed by atoms with van der Waals surface area (Å²) in [5.41, 5.74) is 1.48. The number of furan rings is 1. The highest BCUT2D eigenvalue weighted by Gasteiger charge is 2.35. The molecule has 1 fully saturated rings.